The van der Waals surface area contributed by atoms with Crippen LogP contribution < -0.4 is 0 Å². The minimum absolute atomic E-state index is 0.750. The summed E-state index contributed by atoms with van der Waals surface area (Å²) in [5, 5.41) is 10.3. The quantitative estimate of drug-likeness (QED) is 0.509. The molecule has 1 N–H and O–H groups in total. The van der Waals surface area contributed by atoms with Gasteiger partial charge in [-0.3, -0.25) is 0 Å². The van der Waals surface area contributed by atoms with E-state index < -0.39 is 0 Å². The molecule has 0 amide bonds. The molecule has 0 spiro atoms. The third kappa shape index (κ3) is 1.80. The van der Waals surface area contributed by atoms with Gasteiger partial charge in [-0.25, -0.2) is 0 Å². The Morgan fingerprint density at radius 3 is 3.12 bits per heavy atom. The number of hydroxylamine groups is 2. The van der Waals surface area contributed by atoms with E-state index in [1.165, 1.54) is 11.5 Å². The zero-order valence-corrected chi connectivity index (χ0v) is 5.01. The number of nitrogens with zero attached hydrogens (tertiary/aromatic N) is 1. The van der Waals surface area contributed by atoms with Crippen molar-refractivity contribution in [3.8, 4) is 0 Å². The van der Waals surface area contributed by atoms with Crippen molar-refractivity contribution >= 4 is 0 Å². The van der Waals surface area contributed by atoms with Crippen LogP contribution in [0.5, 0.6) is 0 Å². The fourth-order valence-corrected chi connectivity index (χ4v) is 0.915. The van der Waals surface area contributed by atoms with Crippen molar-refractivity contribution in [3.63, 3.8) is 0 Å². The van der Waals surface area contributed by atoms with E-state index in [9.17, 15) is 0 Å². The van der Waals surface area contributed by atoms with E-state index in [1.807, 2.05) is 0 Å². The fourth-order valence-electron chi connectivity index (χ4n) is 0.915. The number of hydrogen-bond donors (Lipinski definition) is 1. The maximum Gasteiger partial charge on any atom is 0.0269 e. The second kappa shape index (κ2) is 3.05. The van der Waals surface area contributed by atoms with Crippen LogP contribution in [-0.4, -0.2) is 23.4 Å². The third-order valence-electron chi connectivity index (χ3n) is 1.41. The van der Waals surface area contributed by atoms with Gasteiger partial charge >= 0.3 is 0 Å². The molecule has 0 unspecified atom stereocenters. The van der Waals surface area contributed by atoms with Crippen molar-refractivity contribution in [1.29, 1.82) is 0 Å². The van der Waals surface area contributed by atoms with E-state index in [0.29, 0.717) is 0 Å². The summed E-state index contributed by atoms with van der Waals surface area (Å²) in [5.41, 5.74) is 0. The van der Waals surface area contributed by atoms with Gasteiger partial charge in [0, 0.05) is 13.1 Å². The molecule has 0 aromatic rings. The lowest BCUT2D eigenvalue weighted by atomic mass is 10.2. The lowest BCUT2D eigenvalue weighted by molar-refractivity contribution is -0.0808. The maximum atomic E-state index is 8.89. The van der Waals surface area contributed by atoms with Crippen LogP contribution in [0, 0.1) is 6.42 Å². The smallest absolute Gasteiger partial charge is 0.0269 e. The second-order valence-electron chi connectivity index (χ2n) is 2.20. The van der Waals surface area contributed by atoms with Crippen molar-refractivity contribution in [2.75, 3.05) is 13.1 Å². The van der Waals surface area contributed by atoms with Gasteiger partial charge in [0.1, 0.15) is 0 Å². The van der Waals surface area contributed by atoms with Gasteiger partial charge in [0.2, 0.25) is 0 Å². The summed E-state index contributed by atoms with van der Waals surface area (Å²) in [5.74, 6) is 0. The molecule has 2 heteroatoms. The molecule has 2 nitrogen and oxygen atoms in total. The second-order valence-corrected chi connectivity index (χ2v) is 2.20. The standard InChI is InChI=1S/C6H12NO/c8-7-5-3-1-2-4-6-7/h3,8H,1-2,4-6H2. The molecule has 1 heterocycles. The first-order valence-corrected chi connectivity index (χ1v) is 3.15. The Hall–Kier alpha value is -0.0800. The molecule has 1 radical (unpaired) electrons. The van der Waals surface area contributed by atoms with Crippen LogP contribution in [0.3, 0.4) is 0 Å². The molecule has 1 rings (SSSR count). The van der Waals surface area contributed by atoms with Crippen LogP contribution in [-0.2, 0) is 0 Å². The van der Waals surface area contributed by atoms with Crippen LogP contribution in [0.15, 0.2) is 0 Å². The Bertz CT molecular complexity index is 57.5. The van der Waals surface area contributed by atoms with Gasteiger partial charge < -0.3 is 5.21 Å². The molecule has 47 valence electrons. The van der Waals surface area contributed by atoms with Crippen LogP contribution in [0.25, 0.3) is 0 Å². The van der Waals surface area contributed by atoms with Gasteiger partial charge in [0.05, 0.1) is 0 Å². The Labute approximate surface area is 50.1 Å². The molecule has 0 aromatic carbocycles. The predicted molar refractivity (Wildman–Crippen MR) is 31.5 cm³/mol. The van der Waals surface area contributed by atoms with Crippen molar-refractivity contribution in [2.45, 2.75) is 19.3 Å². The van der Waals surface area contributed by atoms with E-state index in [2.05, 4.69) is 6.42 Å². The van der Waals surface area contributed by atoms with Gasteiger partial charge in [-0.1, -0.05) is 6.42 Å². The van der Waals surface area contributed by atoms with E-state index in [1.54, 1.807) is 0 Å². The molecule has 0 bridgehead atoms. The van der Waals surface area contributed by atoms with E-state index in [4.69, 9.17) is 5.21 Å². The van der Waals surface area contributed by atoms with Crippen LogP contribution in [0.1, 0.15) is 19.3 Å². The molecule has 0 aliphatic carbocycles. The lowest BCUT2D eigenvalue weighted by Crippen LogP contribution is -2.19. The molecule has 1 fully saturated rings. The summed E-state index contributed by atoms with van der Waals surface area (Å²) in [6.07, 6.45) is 5.65. The van der Waals surface area contributed by atoms with Crippen molar-refractivity contribution in [1.82, 2.24) is 5.06 Å². The Kier molecular flexibility index (Phi) is 2.30. The van der Waals surface area contributed by atoms with Gasteiger partial charge in [-0.15, -0.1) is 0 Å². The monoisotopic (exact) mass is 114 g/mol. The van der Waals surface area contributed by atoms with Crippen molar-refractivity contribution < 1.29 is 5.21 Å². The first-order chi connectivity index (χ1) is 3.89. The SMILES string of the molecule is ON1C[CH]CCCC1. The van der Waals surface area contributed by atoms with E-state index >= 15 is 0 Å². The molecule has 8 heavy (non-hydrogen) atoms. The van der Waals surface area contributed by atoms with E-state index in [0.717, 1.165) is 25.9 Å². The van der Waals surface area contributed by atoms with E-state index in [-0.39, 0.29) is 0 Å². The molecule has 0 saturated carbocycles. The number of rotatable bonds is 0. The molecule has 0 aromatic heterocycles. The predicted octanol–water partition coefficient (Wildman–Crippen LogP) is 1.07. The maximum absolute atomic E-state index is 8.89. The Morgan fingerprint density at radius 2 is 2.25 bits per heavy atom. The molecule has 0 atom stereocenters. The van der Waals surface area contributed by atoms with Gasteiger partial charge in [0.15, 0.2) is 0 Å². The summed E-state index contributed by atoms with van der Waals surface area (Å²) in [6.45, 7) is 1.59. The molecule has 1 aliphatic heterocycles. The van der Waals surface area contributed by atoms with Crippen molar-refractivity contribution in [3.05, 3.63) is 6.42 Å². The van der Waals surface area contributed by atoms with Gasteiger partial charge in [0.25, 0.3) is 0 Å². The minimum Gasteiger partial charge on any atom is -0.314 e. The zero-order valence-electron chi connectivity index (χ0n) is 5.01. The first-order valence-electron chi connectivity index (χ1n) is 3.15. The Morgan fingerprint density at radius 1 is 1.38 bits per heavy atom. The highest BCUT2D eigenvalue weighted by Crippen LogP contribution is 2.05. The lowest BCUT2D eigenvalue weighted by Gasteiger charge is -2.08. The zero-order chi connectivity index (χ0) is 5.82. The summed E-state index contributed by atoms with van der Waals surface area (Å²) >= 11 is 0. The highest BCUT2D eigenvalue weighted by Gasteiger charge is 2.03. The molecular formula is C6H12NO. The highest BCUT2D eigenvalue weighted by atomic mass is 16.5. The Balaban J connectivity index is 2.17. The summed E-state index contributed by atoms with van der Waals surface area (Å²) in [6, 6.07) is 0. The fraction of sp³-hybridized carbons (Fsp3) is 0.833. The largest absolute Gasteiger partial charge is 0.314 e. The summed E-state index contributed by atoms with van der Waals surface area (Å²) in [7, 11) is 0. The van der Waals surface area contributed by atoms with Gasteiger partial charge in [-0.05, 0) is 19.3 Å². The van der Waals surface area contributed by atoms with Crippen LogP contribution in [0.2, 0.25) is 0 Å². The van der Waals surface area contributed by atoms with Crippen LogP contribution >= 0.6 is 0 Å². The summed E-state index contributed by atoms with van der Waals surface area (Å²) in [4.78, 5) is 0. The first kappa shape index (κ1) is 6.05. The average molecular weight is 114 g/mol. The summed E-state index contributed by atoms with van der Waals surface area (Å²) < 4.78 is 0. The normalized spacial score (nSPS) is 25.1. The molecule has 1 aliphatic rings. The van der Waals surface area contributed by atoms with Crippen molar-refractivity contribution in [2.24, 2.45) is 0 Å². The average Bonchev–Trinajstić information content (AvgIpc) is 1.94. The van der Waals surface area contributed by atoms with Crippen LogP contribution in [0.4, 0.5) is 0 Å². The number of hydrogen-bond acceptors (Lipinski definition) is 2. The molecular weight excluding hydrogens is 102 g/mol. The highest BCUT2D eigenvalue weighted by molar-refractivity contribution is 4.70. The van der Waals surface area contributed by atoms with Gasteiger partial charge in [-0.2, -0.15) is 5.06 Å². The molecule has 1 saturated heterocycles. The topological polar surface area (TPSA) is 23.5 Å². The third-order valence-corrected chi connectivity index (χ3v) is 1.41. The minimum atomic E-state index is 0.750.